The van der Waals surface area contributed by atoms with Crippen molar-refractivity contribution in [2.75, 3.05) is 14.2 Å². The maximum Gasteiger partial charge on any atom is 0.410 e. The summed E-state index contributed by atoms with van der Waals surface area (Å²) in [4.78, 5) is 13.3. The van der Waals surface area contributed by atoms with E-state index in [0.717, 1.165) is 18.6 Å². The standard InChI is InChI=1S/C13H15NO3/c1-16-12-5-3-4-8-6-10-11(7-9(8)12)14(10)13(15)17-2/h3-5,10-11H,6-7H2,1-2H3/t10-,11+,14?/m0/s1. The molecule has 4 nitrogen and oxygen atoms in total. The molecule has 1 aliphatic carbocycles. The zero-order valence-electron chi connectivity index (χ0n) is 9.97. The lowest BCUT2D eigenvalue weighted by atomic mass is 9.91. The second-order valence-corrected chi connectivity index (χ2v) is 4.52. The van der Waals surface area contributed by atoms with Crippen molar-refractivity contribution in [1.29, 1.82) is 0 Å². The molecule has 0 unspecified atom stereocenters. The maximum absolute atomic E-state index is 11.5. The van der Waals surface area contributed by atoms with E-state index in [0.29, 0.717) is 12.1 Å². The first-order chi connectivity index (χ1) is 8.26. The van der Waals surface area contributed by atoms with Crippen molar-refractivity contribution in [1.82, 2.24) is 4.90 Å². The highest BCUT2D eigenvalue weighted by molar-refractivity contribution is 5.73. The Morgan fingerprint density at radius 3 is 2.76 bits per heavy atom. The van der Waals surface area contributed by atoms with Crippen LogP contribution in [0.2, 0.25) is 0 Å². The summed E-state index contributed by atoms with van der Waals surface area (Å²) in [6, 6.07) is 6.71. The van der Waals surface area contributed by atoms with Crippen LogP contribution in [-0.2, 0) is 17.6 Å². The Bertz CT molecular complexity index is 472. The van der Waals surface area contributed by atoms with Gasteiger partial charge in [0.2, 0.25) is 0 Å². The van der Waals surface area contributed by atoms with Crippen molar-refractivity contribution in [2.24, 2.45) is 0 Å². The molecule has 0 radical (unpaired) electrons. The molecule has 1 aromatic carbocycles. The number of fused-ring (bicyclic) bond motifs is 2. The first kappa shape index (κ1) is 10.4. The average Bonchev–Trinajstić information content (AvgIpc) is 3.07. The Morgan fingerprint density at radius 2 is 2.06 bits per heavy atom. The van der Waals surface area contributed by atoms with Gasteiger partial charge in [-0.15, -0.1) is 0 Å². The van der Waals surface area contributed by atoms with Crippen LogP contribution in [-0.4, -0.2) is 37.3 Å². The third kappa shape index (κ3) is 1.47. The lowest BCUT2D eigenvalue weighted by molar-refractivity contribution is 0.150. The van der Waals surface area contributed by atoms with Gasteiger partial charge in [0, 0.05) is 0 Å². The first-order valence-electron chi connectivity index (χ1n) is 5.77. The lowest BCUT2D eigenvalue weighted by Gasteiger charge is -2.15. The van der Waals surface area contributed by atoms with Crippen LogP contribution < -0.4 is 4.74 Å². The van der Waals surface area contributed by atoms with Gasteiger partial charge in [0.25, 0.3) is 0 Å². The SMILES string of the molecule is COC(=O)N1[C@@H]2Cc3c(cccc3OC)C[C@@H]21. The molecule has 17 heavy (non-hydrogen) atoms. The molecule has 0 N–H and O–H groups in total. The highest BCUT2D eigenvalue weighted by Gasteiger charge is 2.54. The van der Waals surface area contributed by atoms with Gasteiger partial charge in [-0.2, -0.15) is 0 Å². The molecule has 1 heterocycles. The number of rotatable bonds is 1. The summed E-state index contributed by atoms with van der Waals surface area (Å²) in [6.07, 6.45) is 1.57. The van der Waals surface area contributed by atoms with Gasteiger partial charge in [-0.05, 0) is 30.0 Å². The molecule has 1 fully saturated rings. The quantitative estimate of drug-likeness (QED) is 0.692. The molecular weight excluding hydrogens is 218 g/mol. The summed E-state index contributed by atoms with van der Waals surface area (Å²) in [5.74, 6) is 0.928. The molecule has 1 aromatic rings. The number of nitrogens with zero attached hydrogens (tertiary/aromatic N) is 1. The third-order valence-corrected chi connectivity index (χ3v) is 3.75. The van der Waals surface area contributed by atoms with E-state index >= 15 is 0 Å². The lowest BCUT2D eigenvalue weighted by Crippen LogP contribution is -2.14. The van der Waals surface area contributed by atoms with Gasteiger partial charge in [-0.1, -0.05) is 12.1 Å². The number of hydrogen-bond donors (Lipinski definition) is 0. The second-order valence-electron chi connectivity index (χ2n) is 4.52. The van der Waals surface area contributed by atoms with Crippen LogP contribution in [0.4, 0.5) is 4.79 Å². The van der Waals surface area contributed by atoms with Crippen molar-refractivity contribution in [2.45, 2.75) is 24.9 Å². The Hall–Kier alpha value is -1.71. The summed E-state index contributed by atoms with van der Waals surface area (Å²) in [5.41, 5.74) is 2.53. The zero-order chi connectivity index (χ0) is 12.0. The Morgan fingerprint density at radius 1 is 1.29 bits per heavy atom. The van der Waals surface area contributed by atoms with E-state index in [-0.39, 0.29) is 6.09 Å². The summed E-state index contributed by atoms with van der Waals surface area (Å²) in [7, 11) is 3.12. The van der Waals surface area contributed by atoms with E-state index in [1.807, 2.05) is 17.0 Å². The van der Waals surface area contributed by atoms with Crippen LogP contribution >= 0.6 is 0 Å². The molecule has 1 aliphatic heterocycles. The number of hydrogen-bond acceptors (Lipinski definition) is 3. The van der Waals surface area contributed by atoms with Crippen LogP contribution in [0.1, 0.15) is 11.1 Å². The van der Waals surface area contributed by atoms with Gasteiger partial charge in [0.15, 0.2) is 0 Å². The third-order valence-electron chi connectivity index (χ3n) is 3.75. The van der Waals surface area contributed by atoms with Crippen LogP contribution in [0.5, 0.6) is 5.75 Å². The molecule has 0 saturated carbocycles. The van der Waals surface area contributed by atoms with Gasteiger partial charge in [0.05, 0.1) is 26.3 Å². The summed E-state index contributed by atoms with van der Waals surface area (Å²) < 4.78 is 10.1. The smallest absolute Gasteiger partial charge is 0.410 e. The number of amides is 1. The topological polar surface area (TPSA) is 38.5 Å². The first-order valence-corrected chi connectivity index (χ1v) is 5.77. The molecule has 90 valence electrons. The van der Waals surface area contributed by atoms with Crippen molar-refractivity contribution >= 4 is 6.09 Å². The fourth-order valence-corrected chi connectivity index (χ4v) is 2.84. The minimum absolute atomic E-state index is 0.216. The van der Waals surface area contributed by atoms with E-state index in [2.05, 4.69) is 6.07 Å². The van der Waals surface area contributed by atoms with Crippen molar-refractivity contribution in [3.05, 3.63) is 29.3 Å². The minimum atomic E-state index is -0.216. The summed E-state index contributed by atoms with van der Waals surface area (Å²) in [5, 5.41) is 0. The molecule has 2 atom stereocenters. The summed E-state index contributed by atoms with van der Waals surface area (Å²) in [6.45, 7) is 0. The maximum atomic E-state index is 11.5. The van der Waals surface area contributed by atoms with Crippen LogP contribution in [0.3, 0.4) is 0 Å². The predicted molar refractivity (Wildman–Crippen MR) is 62.2 cm³/mol. The highest BCUT2D eigenvalue weighted by atomic mass is 16.5. The van der Waals surface area contributed by atoms with Gasteiger partial charge in [0.1, 0.15) is 5.75 Å². The molecule has 3 rings (SSSR count). The Kier molecular flexibility index (Phi) is 2.24. The van der Waals surface area contributed by atoms with Crippen LogP contribution in [0, 0.1) is 0 Å². The minimum Gasteiger partial charge on any atom is -0.496 e. The molecule has 1 amide bonds. The number of carbonyl (C=O) groups excluding carboxylic acids is 1. The van der Waals surface area contributed by atoms with E-state index in [1.165, 1.54) is 18.2 Å². The number of ether oxygens (including phenoxy) is 2. The summed E-state index contributed by atoms with van der Waals surface area (Å²) >= 11 is 0. The van der Waals surface area contributed by atoms with Gasteiger partial charge < -0.3 is 9.47 Å². The van der Waals surface area contributed by atoms with E-state index in [4.69, 9.17) is 9.47 Å². The van der Waals surface area contributed by atoms with Crippen LogP contribution in [0.15, 0.2) is 18.2 Å². The fraction of sp³-hybridized carbons (Fsp3) is 0.462. The van der Waals surface area contributed by atoms with Gasteiger partial charge in [-0.3, -0.25) is 4.90 Å². The Balaban J connectivity index is 1.87. The highest BCUT2D eigenvalue weighted by Crippen LogP contribution is 2.42. The Labute approximate surface area is 100 Å². The van der Waals surface area contributed by atoms with E-state index in [1.54, 1.807) is 7.11 Å². The molecule has 2 aliphatic rings. The van der Waals surface area contributed by atoms with E-state index in [9.17, 15) is 4.79 Å². The predicted octanol–water partition coefficient (Wildman–Crippen LogP) is 1.61. The zero-order valence-corrected chi connectivity index (χ0v) is 9.97. The number of methoxy groups -OCH3 is 2. The second kappa shape index (κ2) is 3.65. The van der Waals surface area contributed by atoms with Crippen LogP contribution in [0.25, 0.3) is 0 Å². The largest absolute Gasteiger partial charge is 0.496 e. The number of benzene rings is 1. The fourth-order valence-electron chi connectivity index (χ4n) is 2.84. The van der Waals surface area contributed by atoms with Crippen molar-refractivity contribution < 1.29 is 14.3 Å². The van der Waals surface area contributed by atoms with Gasteiger partial charge >= 0.3 is 6.09 Å². The molecule has 0 bridgehead atoms. The van der Waals surface area contributed by atoms with Gasteiger partial charge in [-0.25, -0.2) is 4.79 Å². The molecule has 1 saturated heterocycles. The normalized spacial score (nSPS) is 24.7. The molecule has 0 spiro atoms. The monoisotopic (exact) mass is 233 g/mol. The molecule has 4 heteroatoms. The number of carbonyl (C=O) groups is 1. The molecule has 0 aromatic heterocycles. The van der Waals surface area contributed by atoms with E-state index < -0.39 is 0 Å². The van der Waals surface area contributed by atoms with Crippen molar-refractivity contribution in [3.8, 4) is 5.75 Å². The van der Waals surface area contributed by atoms with Crippen molar-refractivity contribution in [3.63, 3.8) is 0 Å². The molecular formula is C13H15NO3. The average molecular weight is 233 g/mol.